The van der Waals surface area contributed by atoms with E-state index >= 15 is 0 Å². The van der Waals surface area contributed by atoms with E-state index in [0.29, 0.717) is 39.1 Å². The van der Waals surface area contributed by atoms with Crippen LogP contribution in [0, 0.1) is 11.3 Å². The lowest BCUT2D eigenvalue weighted by atomic mass is 10.0. The minimum Gasteiger partial charge on any atom is -0.382 e. The highest BCUT2D eigenvalue weighted by molar-refractivity contribution is 5.79. The first kappa shape index (κ1) is 16.4. The van der Waals surface area contributed by atoms with Gasteiger partial charge < -0.3 is 19.7 Å². The first-order valence-corrected chi connectivity index (χ1v) is 6.68. The third-order valence-electron chi connectivity index (χ3n) is 3.11. The summed E-state index contributed by atoms with van der Waals surface area (Å²) < 4.78 is 9.94. The molecule has 0 saturated carbocycles. The van der Waals surface area contributed by atoms with Crippen LogP contribution < -0.4 is 5.32 Å². The highest BCUT2D eigenvalue weighted by atomic mass is 16.5. The molecule has 0 bridgehead atoms. The van der Waals surface area contributed by atoms with Gasteiger partial charge in [-0.25, -0.2) is 0 Å². The van der Waals surface area contributed by atoms with E-state index in [1.54, 1.807) is 12.0 Å². The molecular weight excluding hydrogens is 262 g/mol. The van der Waals surface area contributed by atoms with Crippen molar-refractivity contribution in [3.8, 4) is 6.07 Å². The van der Waals surface area contributed by atoms with Crippen molar-refractivity contribution in [2.45, 2.75) is 25.3 Å². The largest absolute Gasteiger partial charge is 0.382 e. The molecule has 112 valence electrons. The second kappa shape index (κ2) is 9.28. The quantitative estimate of drug-likeness (QED) is 0.646. The lowest BCUT2D eigenvalue weighted by Crippen LogP contribution is -2.47. The Morgan fingerprint density at radius 3 is 2.65 bits per heavy atom. The van der Waals surface area contributed by atoms with Crippen LogP contribution >= 0.6 is 0 Å². The number of hydrogen-bond acceptors (Lipinski definition) is 5. The molecule has 0 aliphatic carbocycles. The van der Waals surface area contributed by atoms with E-state index in [-0.39, 0.29) is 30.9 Å². The predicted molar refractivity (Wildman–Crippen MR) is 70.7 cm³/mol. The van der Waals surface area contributed by atoms with Gasteiger partial charge in [-0.2, -0.15) is 5.26 Å². The second-order valence-electron chi connectivity index (χ2n) is 4.60. The monoisotopic (exact) mass is 283 g/mol. The summed E-state index contributed by atoms with van der Waals surface area (Å²) in [5.74, 6) is -0.289. The Balaban J connectivity index is 2.17. The summed E-state index contributed by atoms with van der Waals surface area (Å²) in [6, 6.07) is 1.92. The number of nitriles is 1. The van der Waals surface area contributed by atoms with Gasteiger partial charge in [0.1, 0.15) is 13.0 Å². The molecule has 0 unspecified atom stereocenters. The van der Waals surface area contributed by atoms with Crippen molar-refractivity contribution in [1.29, 1.82) is 5.26 Å². The van der Waals surface area contributed by atoms with Gasteiger partial charge in [0.05, 0.1) is 19.3 Å². The summed E-state index contributed by atoms with van der Waals surface area (Å²) in [7, 11) is 1.57. The standard InChI is InChI=1S/C13H21N3O4/c1-19-8-9-20-10-12(17)15-11-3-6-16(7-4-11)13(18)2-5-14/h11H,2-4,6-10H2,1H3,(H,15,17). The number of hydrogen-bond donors (Lipinski definition) is 1. The van der Waals surface area contributed by atoms with Gasteiger partial charge >= 0.3 is 0 Å². The van der Waals surface area contributed by atoms with Crippen LogP contribution in [0.2, 0.25) is 0 Å². The van der Waals surface area contributed by atoms with E-state index in [2.05, 4.69) is 5.32 Å². The molecule has 0 aromatic heterocycles. The third-order valence-corrected chi connectivity index (χ3v) is 3.11. The molecule has 1 aliphatic rings. The van der Waals surface area contributed by atoms with Crippen LogP contribution in [-0.2, 0) is 19.1 Å². The molecule has 0 atom stereocenters. The second-order valence-corrected chi connectivity index (χ2v) is 4.60. The maximum absolute atomic E-state index is 11.6. The van der Waals surface area contributed by atoms with E-state index in [1.807, 2.05) is 6.07 Å². The number of nitrogens with one attached hydrogen (secondary N) is 1. The van der Waals surface area contributed by atoms with Crippen molar-refractivity contribution in [2.24, 2.45) is 0 Å². The molecule has 0 aromatic carbocycles. The van der Waals surface area contributed by atoms with E-state index < -0.39 is 0 Å². The lowest BCUT2D eigenvalue weighted by Gasteiger charge is -2.32. The van der Waals surface area contributed by atoms with Crippen LogP contribution in [0.5, 0.6) is 0 Å². The normalized spacial score (nSPS) is 15.7. The van der Waals surface area contributed by atoms with Crippen molar-refractivity contribution in [2.75, 3.05) is 40.0 Å². The number of likely N-dealkylation sites (tertiary alicyclic amines) is 1. The third kappa shape index (κ3) is 5.99. The Morgan fingerprint density at radius 2 is 2.05 bits per heavy atom. The highest BCUT2D eigenvalue weighted by Crippen LogP contribution is 2.11. The van der Waals surface area contributed by atoms with Gasteiger partial charge in [0.2, 0.25) is 11.8 Å². The van der Waals surface area contributed by atoms with E-state index in [9.17, 15) is 9.59 Å². The molecule has 1 aliphatic heterocycles. The van der Waals surface area contributed by atoms with Crippen molar-refractivity contribution in [3.63, 3.8) is 0 Å². The van der Waals surface area contributed by atoms with E-state index in [4.69, 9.17) is 14.7 Å². The number of carbonyl (C=O) groups excluding carboxylic acids is 2. The van der Waals surface area contributed by atoms with Crippen molar-refractivity contribution >= 4 is 11.8 Å². The van der Waals surface area contributed by atoms with E-state index in [1.165, 1.54) is 0 Å². The maximum atomic E-state index is 11.6. The summed E-state index contributed by atoms with van der Waals surface area (Å²) in [6.45, 7) is 2.04. The number of nitrogens with zero attached hydrogens (tertiary/aromatic N) is 2. The predicted octanol–water partition coefficient (Wildman–Crippen LogP) is -0.330. The van der Waals surface area contributed by atoms with Gasteiger partial charge in [-0.1, -0.05) is 0 Å². The summed E-state index contributed by atoms with van der Waals surface area (Å²) >= 11 is 0. The Labute approximate surface area is 118 Å². The molecule has 1 fully saturated rings. The molecule has 1 rings (SSSR count). The van der Waals surface area contributed by atoms with Crippen molar-refractivity contribution in [3.05, 3.63) is 0 Å². The topological polar surface area (TPSA) is 91.7 Å². The number of piperidine rings is 1. The number of rotatable bonds is 7. The fourth-order valence-electron chi connectivity index (χ4n) is 2.03. The first-order valence-electron chi connectivity index (χ1n) is 6.68. The van der Waals surface area contributed by atoms with Crippen LogP contribution in [0.15, 0.2) is 0 Å². The van der Waals surface area contributed by atoms with Gasteiger partial charge in [-0.3, -0.25) is 9.59 Å². The number of ether oxygens (including phenoxy) is 2. The number of carbonyl (C=O) groups is 2. The van der Waals surface area contributed by atoms with E-state index in [0.717, 1.165) is 0 Å². The Morgan fingerprint density at radius 1 is 1.35 bits per heavy atom. The summed E-state index contributed by atoms with van der Waals surface area (Å²) in [5.41, 5.74) is 0. The fourth-order valence-corrected chi connectivity index (χ4v) is 2.03. The molecule has 7 nitrogen and oxygen atoms in total. The van der Waals surface area contributed by atoms with Crippen LogP contribution in [-0.4, -0.2) is 62.8 Å². The zero-order valence-corrected chi connectivity index (χ0v) is 11.8. The van der Waals surface area contributed by atoms with Crippen LogP contribution in [0.25, 0.3) is 0 Å². The van der Waals surface area contributed by atoms with Gasteiger partial charge in [-0.05, 0) is 12.8 Å². The molecule has 7 heteroatoms. The van der Waals surface area contributed by atoms with Crippen LogP contribution in [0.3, 0.4) is 0 Å². The smallest absolute Gasteiger partial charge is 0.246 e. The minimum absolute atomic E-state index is 0.0247. The number of methoxy groups -OCH3 is 1. The molecule has 0 aromatic rings. The zero-order chi connectivity index (χ0) is 14.8. The lowest BCUT2D eigenvalue weighted by molar-refractivity contribution is -0.131. The van der Waals surface area contributed by atoms with Gasteiger partial charge in [0.15, 0.2) is 0 Å². The molecule has 20 heavy (non-hydrogen) atoms. The highest BCUT2D eigenvalue weighted by Gasteiger charge is 2.23. The van der Waals surface area contributed by atoms with Gasteiger partial charge in [0.25, 0.3) is 0 Å². The van der Waals surface area contributed by atoms with Crippen LogP contribution in [0.1, 0.15) is 19.3 Å². The first-order chi connectivity index (χ1) is 9.67. The van der Waals surface area contributed by atoms with Gasteiger partial charge in [0, 0.05) is 26.2 Å². The number of amides is 2. The average molecular weight is 283 g/mol. The molecule has 1 saturated heterocycles. The average Bonchev–Trinajstić information content (AvgIpc) is 2.45. The Bertz CT molecular complexity index is 359. The zero-order valence-electron chi connectivity index (χ0n) is 11.8. The van der Waals surface area contributed by atoms with Crippen molar-refractivity contribution in [1.82, 2.24) is 10.2 Å². The molecular formula is C13H21N3O4. The van der Waals surface area contributed by atoms with Crippen molar-refractivity contribution < 1.29 is 19.1 Å². The summed E-state index contributed by atoms with van der Waals surface area (Å²) in [4.78, 5) is 24.8. The molecule has 1 heterocycles. The summed E-state index contributed by atoms with van der Waals surface area (Å²) in [5, 5.41) is 11.4. The van der Waals surface area contributed by atoms with Crippen LogP contribution in [0.4, 0.5) is 0 Å². The van der Waals surface area contributed by atoms with Gasteiger partial charge in [-0.15, -0.1) is 0 Å². The minimum atomic E-state index is -0.150. The Hall–Kier alpha value is -1.65. The molecule has 0 radical (unpaired) electrons. The molecule has 1 N–H and O–H groups in total. The summed E-state index contributed by atoms with van der Waals surface area (Å²) in [6.07, 6.45) is 1.34. The maximum Gasteiger partial charge on any atom is 0.246 e. The molecule has 0 spiro atoms. The SMILES string of the molecule is COCCOCC(=O)NC1CCN(C(=O)CC#N)CC1. The fraction of sp³-hybridized carbons (Fsp3) is 0.769. The molecule has 2 amide bonds. The Kier molecular flexibility index (Phi) is 7.62.